The standard InChI is InChI=1S/C12H10Cl4FN3OS/c13-7-4-8(14)6-9(5-7)18-10(2-1-3-22)19(11(15)16)20(17)12(18)21/h3-6,10-11H,1-2H2. The summed E-state index contributed by atoms with van der Waals surface area (Å²) in [6.07, 6.45) is 0.0600. The minimum atomic E-state index is -1.25. The van der Waals surface area contributed by atoms with Crippen molar-refractivity contribution in [2.75, 3.05) is 4.90 Å². The Morgan fingerprint density at radius 2 is 1.86 bits per heavy atom. The van der Waals surface area contributed by atoms with Crippen LogP contribution in [0.25, 0.3) is 0 Å². The van der Waals surface area contributed by atoms with Gasteiger partial charge in [0.1, 0.15) is 6.17 Å². The first kappa shape index (κ1) is 18.0. The normalized spacial score (nSPS) is 19.4. The molecule has 0 aliphatic carbocycles. The number of thiocarbonyl (C=S) groups is 1. The third kappa shape index (κ3) is 3.58. The molecule has 0 bridgehead atoms. The fourth-order valence-corrected chi connectivity index (χ4v) is 3.26. The number of carbonyl (C=O) groups excluding carboxylic acids is 1. The molecular formula is C12H10Cl4FN3OS. The Morgan fingerprint density at radius 1 is 1.27 bits per heavy atom. The summed E-state index contributed by atoms with van der Waals surface area (Å²) < 4.78 is 14.1. The number of hydrogen-bond donors (Lipinski definition) is 0. The van der Waals surface area contributed by atoms with Gasteiger partial charge in [0.25, 0.3) is 0 Å². The highest BCUT2D eigenvalue weighted by Crippen LogP contribution is 2.36. The second kappa shape index (κ2) is 7.47. The molecule has 0 aromatic heterocycles. The third-order valence-electron chi connectivity index (χ3n) is 3.04. The molecule has 120 valence electrons. The van der Waals surface area contributed by atoms with Crippen molar-refractivity contribution in [2.45, 2.75) is 24.0 Å². The van der Waals surface area contributed by atoms with Crippen molar-refractivity contribution in [3.63, 3.8) is 0 Å². The van der Waals surface area contributed by atoms with Crippen molar-refractivity contribution < 1.29 is 9.28 Å². The monoisotopic (exact) mass is 403 g/mol. The van der Waals surface area contributed by atoms with Crippen molar-refractivity contribution in [1.82, 2.24) is 10.2 Å². The summed E-state index contributed by atoms with van der Waals surface area (Å²) in [4.78, 5) is 12.2. The molecule has 4 nitrogen and oxygen atoms in total. The molecule has 10 heteroatoms. The van der Waals surface area contributed by atoms with Crippen LogP contribution in [0.2, 0.25) is 10.0 Å². The number of alkyl halides is 2. The molecule has 1 heterocycles. The topological polar surface area (TPSA) is 26.8 Å². The summed E-state index contributed by atoms with van der Waals surface area (Å²) in [6.45, 7) is 0. The summed E-state index contributed by atoms with van der Waals surface area (Å²) in [5.74, 6) is 0. The molecule has 0 N–H and O–H groups in total. The van der Waals surface area contributed by atoms with Crippen LogP contribution in [0.4, 0.5) is 15.0 Å². The van der Waals surface area contributed by atoms with E-state index in [-0.39, 0.29) is 5.23 Å². The molecule has 1 saturated heterocycles. The molecule has 2 amide bonds. The maximum Gasteiger partial charge on any atom is 0.369 e. The van der Waals surface area contributed by atoms with Crippen LogP contribution >= 0.6 is 58.6 Å². The number of carbonyl (C=O) groups is 1. The van der Waals surface area contributed by atoms with Crippen LogP contribution in [0.5, 0.6) is 0 Å². The van der Waals surface area contributed by atoms with Crippen LogP contribution in [0.1, 0.15) is 12.8 Å². The van der Waals surface area contributed by atoms with Gasteiger partial charge in [-0.3, -0.25) is 4.90 Å². The van der Waals surface area contributed by atoms with E-state index in [1.807, 2.05) is 0 Å². The van der Waals surface area contributed by atoms with E-state index in [0.29, 0.717) is 28.6 Å². The zero-order valence-corrected chi connectivity index (χ0v) is 14.8. The summed E-state index contributed by atoms with van der Waals surface area (Å²) in [5, 5.41) is 2.93. The molecule has 1 unspecified atom stereocenters. The number of benzene rings is 1. The fourth-order valence-electron chi connectivity index (χ4n) is 2.20. The lowest BCUT2D eigenvalue weighted by molar-refractivity contribution is -0.112. The number of halogens is 5. The van der Waals surface area contributed by atoms with Crippen LogP contribution in [0.3, 0.4) is 0 Å². The molecule has 0 radical (unpaired) electrons. The summed E-state index contributed by atoms with van der Waals surface area (Å²) in [7, 11) is 0. The van der Waals surface area contributed by atoms with Crippen LogP contribution in [0.15, 0.2) is 18.2 Å². The van der Waals surface area contributed by atoms with Crippen LogP contribution in [0, 0.1) is 0 Å². The molecular weight excluding hydrogens is 395 g/mol. The number of amides is 2. The van der Waals surface area contributed by atoms with Crippen molar-refractivity contribution in [3.8, 4) is 0 Å². The Kier molecular flexibility index (Phi) is 6.10. The van der Waals surface area contributed by atoms with Crippen molar-refractivity contribution in [2.24, 2.45) is 0 Å². The summed E-state index contributed by atoms with van der Waals surface area (Å²) in [5.41, 5.74) is 0.344. The van der Waals surface area contributed by atoms with Gasteiger partial charge in [-0.25, -0.2) is 4.79 Å². The largest absolute Gasteiger partial charge is 0.369 e. The smallest absolute Gasteiger partial charge is 0.273 e. The fraction of sp³-hybridized carbons (Fsp3) is 0.333. The molecule has 2 rings (SSSR count). The zero-order valence-electron chi connectivity index (χ0n) is 10.9. The lowest BCUT2D eigenvalue weighted by Gasteiger charge is -2.28. The maximum atomic E-state index is 14.1. The number of rotatable bonds is 5. The molecule has 1 aliphatic heterocycles. The Morgan fingerprint density at radius 3 is 2.36 bits per heavy atom. The predicted molar refractivity (Wildman–Crippen MR) is 91.3 cm³/mol. The van der Waals surface area contributed by atoms with Gasteiger partial charge in [0.05, 0.1) is 5.69 Å². The molecule has 1 atom stereocenters. The Bertz CT molecular complexity index is 571. The zero-order chi connectivity index (χ0) is 16.4. The molecule has 1 aromatic rings. The highest BCUT2D eigenvalue weighted by Gasteiger charge is 2.48. The third-order valence-corrected chi connectivity index (χ3v) is 4.11. The Labute approximate surface area is 152 Å². The van der Waals surface area contributed by atoms with E-state index in [1.54, 1.807) is 0 Å². The van der Waals surface area contributed by atoms with E-state index in [9.17, 15) is 9.28 Å². The van der Waals surface area contributed by atoms with E-state index < -0.39 is 17.2 Å². The number of hydrazine groups is 1. The minimum Gasteiger partial charge on any atom is -0.273 e. The molecule has 1 fully saturated rings. The number of anilines is 1. The van der Waals surface area contributed by atoms with Crippen molar-refractivity contribution >= 4 is 75.7 Å². The second-order valence-corrected chi connectivity index (χ2v) is 6.68. The molecule has 22 heavy (non-hydrogen) atoms. The van der Waals surface area contributed by atoms with Crippen LogP contribution < -0.4 is 4.90 Å². The van der Waals surface area contributed by atoms with E-state index >= 15 is 0 Å². The molecule has 1 aliphatic rings. The SMILES string of the molecule is O=C1N(c2cc(Cl)cc(Cl)c2)C(CCC=S)N(C(Cl)Cl)N1F. The van der Waals surface area contributed by atoms with E-state index in [2.05, 4.69) is 0 Å². The van der Waals surface area contributed by atoms with Gasteiger partial charge in [-0.2, -0.15) is 0 Å². The maximum absolute atomic E-state index is 14.1. The number of urea groups is 1. The van der Waals surface area contributed by atoms with Gasteiger partial charge in [0, 0.05) is 10.0 Å². The lowest BCUT2D eigenvalue weighted by atomic mass is 10.2. The van der Waals surface area contributed by atoms with Crippen LogP contribution in [-0.4, -0.2) is 32.8 Å². The van der Waals surface area contributed by atoms with Gasteiger partial charge in [-0.1, -0.05) is 68.3 Å². The van der Waals surface area contributed by atoms with E-state index in [4.69, 9.17) is 58.6 Å². The van der Waals surface area contributed by atoms with Gasteiger partial charge in [-0.15, -0.1) is 5.01 Å². The van der Waals surface area contributed by atoms with E-state index in [0.717, 1.165) is 5.01 Å². The number of hydrogen-bond acceptors (Lipinski definition) is 3. The van der Waals surface area contributed by atoms with Gasteiger partial charge < -0.3 is 0 Å². The van der Waals surface area contributed by atoms with Gasteiger partial charge in [0.2, 0.25) is 0 Å². The Balaban J connectivity index is 2.45. The predicted octanol–water partition coefficient (Wildman–Crippen LogP) is 5.20. The first-order chi connectivity index (χ1) is 10.4. The highest BCUT2D eigenvalue weighted by atomic mass is 35.5. The van der Waals surface area contributed by atoms with Crippen molar-refractivity contribution in [1.29, 1.82) is 0 Å². The Hall–Kier alpha value is -0.370. The highest BCUT2D eigenvalue weighted by molar-refractivity contribution is 7.78. The van der Waals surface area contributed by atoms with Gasteiger partial charge >= 0.3 is 6.03 Å². The summed E-state index contributed by atoms with van der Waals surface area (Å²) in [6, 6.07) is 3.59. The first-order valence-electron chi connectivity index (χ1n) is 6.12. The van der Waals surface area contributed by atoms with Crippen molar-refractivity contribution in [3.05, 3.63) is 28.2 Å². The lowest BCUT2D eigenvalue weighted by Crippen LogP contribution is -2.43. The molecule has 1 aromatic carbocycles. The minimum absolute atomic E-state index is 0.118. The summed E-state index contributed by atoms with van der Waals surface area (Å²) >= 11 is 28.2. The van der Waals surface area contributed by atoms with E-state index in [1.165, 1.54) is 28.5 Å². The van der Waals surface area contributed by atoms with Crippen LogP contribution in [-0.2, 0) is 0 Å². The van der Waals surface area contributed by atoms with Gasteiger partial charge in [-0.05, 0) is 36.4 Å². The average Bonchev–Trinajstić information content (AvgIpc) is 2.67. The number of nitrogens with zero attached hydrogens (tertiary/aromatic N) is 3. The average molecular weight is 405 g/mol. The molecule has 0 saturated carbocycles. The molecule has 0 spiro atoms. The quantitative estimate of drug-likeness (QED) is 0.292. The van der Waals surface area contributed by atoms with Gasteiger partial charge in [0.15, 0.2) is 4.96 Å². The first-order valence-corrected chi connectivity index (χ1v) is 8.22. The second-order valence-electron chi connectivity index (χ2n) is 4.42.